The van der Waals surface area contributed by atoms with Crippen molar-refractivity contribution in [3.05, 3.63) is 24.5 Å². The molecule has 7 heavy (non-hydrogen) atoms. The Morgan fingerprint density at radius 3 is 2.14 bits per heavy atom. The van der Waals surface area contributed by atoms with E-state index in [1.54, 1.807) is 0 Å². The van der Waals surface area contributed by atoms with Crippen molar-refractivity contribution in [2.75, 3.05) is 0 Å². The van der Waals surface area contributed by atoms with Crippen LogP contribution in [-0.2, 0) is 0 Å². The fourth-order valence-electron chi connectivity index (χ4n) is 0.426. The first-order chi connectivity index (χ1) is 3.39. The number of aromatic nitrogens is 1. The van der Waals surface area contributed by atoms with Crippen LogP contribution in [0.4, 0.5) is 0 Å². The van der Waals surface area contributed by atoms with E-state index in [4.69, 9.17) is 0 Å². The predicted molar refractivity (Wildman–Crippen MR) is 33.8 cm³/mol. The molecule has 0 bridgehead atoms. The van der Waals surface area contributed by atoms with E-state index in [1.807, 2.05) is 12.4 Å². The molecule has 0 fully saturated rings. The maximum absolute atomic E-state index is 3.88. The van der Waals surface area contributed by atoms with E-state index in [-0.39, 0.29) is 0 Å². The summed E-state index contributed by atoms with van der Waals surface area (Å²) in [5.41, 5.74) is 0. The molecule has 0 aliphatic rings. The molecule has 0 aromatic carbocycles. The van der Waals surface area contributed by atoms with Gasteiger partial charge < -0.3 is 0 Å². The average Bonchev–Trinajstić information content (AvgIpc) is 1.69. The second kappa shape index (κ2) is 2.31. The first-order valence-electron chi connectivity index (χ1n) is 2.26. The fourth-order valence-corrected chi connectivity index (χ4v) is 1.28. The van der Waals surface area contributed by atoms with Crippen molar-refractivity contribution in [3.8, 4) is 0 Å². The van der Waals surface area contributed by atoms with Crippen LogP contribution in [0.3, 0.4) is 0 Å². The van der Waals surface area contributed by atoms with Crippen LogP contribution in [0.5, 0.6) is 0 Å². The molecule has 0 N–H and O–H groups in total. The van der Waals surface area contributed by atoms with Crippen LogP contribution >= 0.6 is 0 Å². The third-order valence-corrected chi connectivity index (χ3v) is 2.75. The fraction of sp³-hybridized carbons (Fsp3) is 0. The first-order valence-corrected chi connectivity index (χ1v) is 5.11. The van der Waals surface area contributed by atoms with Gasteiger partial charge in [-0.2, -0.15) is 0 Å². The minimum absolute atomic E-state index is 0.668. The van der Waals surface area contributed by atoms with Crippen LogP contribution in [0.2, 0.25) is 0 Å². The Bertz CT molecular complexity index is 138. The number of hydrogen-bond acceptors (Lipinski definition) is 1. The van der Waals surface area contributed by atoms with Gasteiger partial charge in [-0.05, 0) is 0 Å². The summed E-state index contributed by atoms with van der Waals surface area (Å²) in [4.78, 5) is 3.88. The van der Waals surface area contributed by atoms with E-state index in [2.05, 4.69) is 17.1 Å². The van der Waals surface area contributed by atoms with Gasteiger partial charge in [0.25, 0.3) is 0 Å². The zero-order chi connectivity index (χ0) is 5.11. The summed E-state index contributed by atoms with van der Waals surface area (Å²) < 4.78 is 1.47. The summed E-state index contributed by atoms with van der Waals surface area (Å²) in [5, 5.41) is 0. The van der Waals surface area contributed by atoms with Crippen molar-refractivity contribution in [1.82, 2.24) is 4.98 Å². The van der Waals surface area contributed by atoms with Crippen molar-refractivity contribution in [2.24, 2.45) is 0 Å². The molecule has 0 amide bonds. The monoisotopic (exact) mass is 201 g/mol. The van der Waals surface area contributed by atoms with Gasteiger partial charge in [0.15, 0.2) is 0 Å². The number of hydrogen-bond donors (Lipinski definition) is 0. The normalized spacial score (nSPS) is 9.14. The van der Waals surface area contributed by atoms with Crippen molar-refractivity contribution in [3.63, 3.8) is 0 Å². The number of nitrogens with zero attached hydrogens (tertiary/aromatic N) is 1. The Morgan fingerprint density at radius 1 is 1.29 bits per heavy atom. The molecule has 0 saturated carbocycles. The zero-order valence-corrected chi connectivity index (χ0v) is 9.96. The molecule has 0 spiro atoms. The van der Waals surface area contributed by atoms with Gasteiger partial charge in [0.2, 0.25) is 0 Å². The van der Waals surface area contributed by atoms with Crippen LogP contribution in [0, 0.1) is 0 Å². The number of rotatable bonds is 0. The van der Waals surface area contributed by atoms with Crippen molar-refractivity contribution >= 4 is 26.1 Å². The van der Waals surface area contributed by atoms with Crippen LogP contribution in [-0.4, -0.2) is 27.5 Å². The van der Waals surface area contributed by atoms with E-state index >= 15 is 0 Å². The van der Waals surface area contributed by atoms with E-state index in [0.29, 0.717) is 22.5 Å². The molecule has 0 saturated heterocycles. The zero-order valence-electron chi connectivity index (χ0n) is 4.26. The molecule has 0 radical (unpaired) electrons. The van der Waals surface area contributed by atoms with E-state index in [1.165, 1.54) is 3.58 Å². The summed E-state index contributed by atoms with van der Waals surface area (Å²) >= 11 is 0.668. The van der Waals surface area contributed by atoms with Gasteiger partial charge in [0.05, 0.1) is 0 Å². The number of pyridine rings is 1. The van der Waals surface area contributed by atoms with E-state index in [0.717, 1.165) is 0 Å². The van der Waals surface area contributed by atoms with Gasteiger partial charge >= 0.3 is 55.6 Å². The molecular weight excluding hydrogens is 193 g/mol. The summed E-state index contributed by atoms with van der Waals surface area (Å²) in [5.74, 6) is 0. The second-order valence-electron chi connectivity index (χ2n) is 1.52. The second-order valence-corrected chi connectivity index (χ2v) is 4.82. The summed E-state index contributed by atoms with van der Waals surface area (Å²) in [6.07, 6.45) is 3.68. The Balaban J connectivity index is 3.02. The van der Waals surface area contributed by atoms with E-state index in [9.17, 15) is 0 Å². The summed E-state index contributed by atoms with van der Waals surface area (Å²) in [6, 6.07) is 4.13. The van der Waals surface area contributed by atoms with E-state index < -0.39 is 0 Å². The first kappa shape index (κ1) is 5.09. The van der Waals surface area contributed by atoms with Crippen LogP contribution in [0.1, 0.15) is 0 Å². The molecule has 1 rings (SSSR count). The molecular formula is C5H7NSn. The van der Waals surface area contributed by atoms with Crippen LogP contribution < -0.4 is 3.58 Å². The Kier molecular flexibility index (Phi) is 1.68. The molecule has 2 heteroatoms. The third-order valence-electron chi connectivity index (χ3n) is 0.847. The van der Waals surface area contributed by atoms with Crippen LogP contribution in [0.15, 0.2) is 24.5 Å². The van der Waals surface area contributed by atoms with Gasteiger partial charge in [-0.25, -0.2) is 0 Å². The van der Waals surface area contributed by atoms with Crippen molar-refractivity contribution < 1.29 is 0 Å². The Hall–Kier alpha value is -0.0513. The van der Waals surface area contributed by atoms with Gasteiger partial charge in [0.1, 0.15) is 0 Å². The molecule has 36 valence electrons. The third kappa shape index (κ3) is 1.47. The van der Waals surface area contributed by atoms with Crippen LogP contribution in [0.25, 0.3) is 0 Å². The summed E-state index contributed by atoms with van der Waals surface area (Å²) in [7, 11) is 0. The average molecular weight is 200 g/mol. The quantitative estimate of drug-likeness (QED) is 0.493. The Morgan fingerprint density at radius 2 is 1.86 bits per heavy atom. The molecule has 0 unspecified atom stereocenters. The molecule has 1 aromatic heterocycles. The molecule has 0 aliphatic carbocycles. The standard InChI is InChI=1S/C5H4N.Sn.3H/c1-2-4-6-5-3-1;;;;/h2-5H;;;;. The van der Waals surface area contributed by atoms with Crippen molar-refractivity contribution in [2.45, 2.75) is 0 Å². The molecule has 1 nitrogen and oxygen atoms in total. The SMILES string of the molecule is [SnH3][c]1ccncc1. The van der Waals surface area contributed by atoms with Gasteiger partial charge in [-0.1, -0.05) is 0 Å². The van der Waals surface area contributed by atoms with Gasteiger partial charge in [-0.3, -0.25) is 0 Å². The summed E-state index contributed by atoms with van der Waals surface area (Å²) in [6.45, 7) is 0. The topological polar surface area (TPSA) is 12.9 Å². The molecule has 1 aromatic rings. The van der Waals surface area contributed by atoms with Crippen molar-refractivity contribution in [1.29, 1.82) is 0 Å². The maximum atomic E-state index is 3.88. The molecule has 0 atom stereocenters. The molecule has 1 heterocycles. The van der Waals surface area contributed by atoms with Gasteiger partial charge in [-0.15, -0.1) is 0 Å². The Labute approximate surface area is 55.9 Å². The van der Waals surface area contributed by atoms with Gasteiger partial charge in [0, 0.05) is 0 Å². The molecule has 0 aliphatic heterocycles. The minimum atomic E-state index is 0.668. The predicted octanol–water partition coefficient (Wildman–Crippen LogP) is -0.928.